The van der Waals surface area contributed by atoms with E-state index in [0.29, 0.717) is 5.82 Å². The molecule has 0 radical (unpaired) electrons. The number of thiazole rings is 1. The first kappa shape index (κ1) is 21.3. The van der Waals surface area contributed by atoms with E-state index in [1.807, 2.05) is 6.92 Å². The monoisotopic (exact) mass is 465 g/mol. The predicted octanol–water partition coefficient (Wildman–Crippen LogP) is 2.81. The fourth-order valence-electron chi connectivity index (χ4n) is 4.25. The molecule has 0 bridgehead atoms. The molecule has 3 N–H and O–H groups in total. The van der Waals surface area contributed by atoms with Crippen LogP contribution in [0.3, 0.4) is 0 Å². The van der Waals surface area contributed by atoms with Gasteiger partial charge in [-0.05, 0) is 31.2 Å². The summed E-state index contributed by atoms with van der Waals surface area (Å²) in [6.07, 6.45) is 4.86. The maximum absolute atomic E-state index is 12.5. The van der Waals surface area contributed by atoms with Crippen molar-refractivity contribution < 1.29 is 5.11 Å². The summed E-state index contributed by atoms with van der Waals surface area (Å²) in [5.74, 6) is 0.179. The van der Waals surface area contributed by atoms with Gasteiger partial charge >= 0.3 is 0 Å². The number of nitrogens with zero attached hydrogens (tertiary/aromatic N) is 5. The zero-order valence-corrected chi connectivity index (χ0v) is 19.4. The first-order valence-corrected chi connectivity index (χ1v) is 11.3. The Labute approximate surface area is 193 Å². The fourth-order valence-corrected chi connectivity index (χ4v) is 5.22. The van der Waals surface area contributed by atoms with E-state index in [1.54, 1.807) is 23.0 Å². The Balaban J connectivity index is 1.49. The molecule has 3 heterocycles. The van der Waals surface area contributed by atoms with E-state index in [2.05, 4.69) is 39.7 Å². The maximum atomic E-state index is 12.5. The van der Waals surface area contributed by atoms with E-state index >= 15 is 0 Å². The minimum Gasteiger partial charge on any atom is -0.504 e. The van der Waals surface area contributed by atoms with E-state index in [9.17, 15) is 14.7 Å². The van der Waals surface area contributed by atoms with Crippen LogP contribution in [0.5, 0.6) is 5.75 Å². The molecule has 10 nitrogen and oxygen atoms in total. The SMILES string of the molecule is Cc1nc2c(s1)CCC(C)(C)C2Nc1c(Nc2ccnc(-c3nncn3C)c2O)c(=O)c1=O. The number of rotatable bonds is 5. The Morgan fingerprint density at radius 3 is 2.73 bits per heavy atom. The average Bonchev–Trinajstić information content (AvgIpc) is 3.37. The summed E-state index contributed by atoms with van der Waals surface area (Å²) in [6.45, 7) is 6.23. The summed E-state index contributed by atoms with van der Waals surface area (Å²) in [7, 11) is 1.73. The molecule has 1 atom stereocenters. The van der Waals surface area contributed by atoms with Gasteiger partial charge in [0.25, 0.3) is 10.9 Å². The third-order valence-corrected chi connectivity index (χ3v) is 7.24. The highest BCUT2D eigenvalue weighted by Crippen LogP contribution is 2.47. The van der Waals surface area contributed by atoms with Crippen LogP contribution in [0, 0.1) is 12.3 Å². The van der Waals surface area contributed by atoms with Crippen molar-refractivity contribution in [2.45, 2.75) is 39.7 Å². The average molecular weight is 466 g/mol. The zero-order chi connectivity index (χ0) is 23.5. The molecule has 1 aliphatic carbocycles. The number of hydrogen-bond donors (Lipinski definition) is 3. The van der Waals surface area contributed by atoms with Crippen molar-refractivity contribution in [3.63, 3.8) is 0 Å². The third kappa shape index (κ3) is 3.39. The van der Waals surface area contributed by atoms with Crippen molar-refractivity contribution >= 4 is 28.4 Å². The van der Waals surface area contributed by atoms with Gasteiger partial charge in [-0.3, -0.25) is 9.59 Å². The topological polar surface area (TPSA) is 135 Å². The Bertz CT molecular complexity index is 1450. The smallest absolute Gasteiger partial charge is 0.253 e. The third-order valence-electron chi connectivity index (χ3n) is 6.19. The lowest BCUT2D eigenvalue weighted by atomic mass is 9.74. The molecule has 0 aliphatic heterocycles. The Kier molecular flexibility index (Phi) is 4.82. The molecular weight excluding hydrogens is 442 g/mol. The summed E-state index contributed by atoms with van der Waals surface area (Å²) < 4.78 is 1.62. The Morgan fingerprint density at radius 1 is 1.24 bits per heavy atom. The molecule has 1 aromatic carbocycles. The van der Waals surface area contributed by atoms with Crippen LogP contribution < -0.4 is 21.5 Å². The molecule has 4 aromatic rings. The van der Waals surface area contributed by atoms with Gasteiger partial charge in [0.05, 0.1) is 22.4 Å². The number of anilines is 3. The standard InChI is InChI=1S/C22H23N7O3S/c1-10-25-13-12(33-10)5-7-22(2,3)20(13)27-15-14(18(31)19(15)32)26-11-6-8-23-16(17(11)30)21-28-24-9-29(21)4/h6,8-9,20,27,30H,5,7H2,1-4H3,(H,23,26). The van der Waals surface area contributed by atoms with Gasteiger partial charge in [0, 0.05) is 18.1 Å². The molecule has 170 valence electrons. The van der Waals surface area contributed by atoms with Crippen LogP contribution >= 0.6 is 11.3 Å². The summed E-state index contributed by atoms with van der Waals surface area (Å²) in [4.78, 5) is 35.1. The first-order chi connectivity index (χ1) is 15.7. The van der Waals surface area contributed by atoms with Gasteiger partial charge in [-0.2, -0.15) is 0 Å². The second-order valence-corrected chi connectivity index (χ2v) is 10.2. The van der Waals surface area contributed by atoms with Gasteiger partial charge in [-0.1, -0.05) is 13.8 Å². The van der Waals surface area contributed by atoms with Crippen molar-refractivity contribution in [1.29, 1.82) is 0 Å². The largest absolute Gasteiger partial charge is 0.504 e. The number of nitrogens with one attached hydrogen (secondary N) is 2. The minimum atomic E-state index is -0.641. The van der Waals surface area contributed by atoms with Crippen molar-refractivity contribution in [3.05, 3.63) is 54.6 Å². The van der Waals surface area contributed by atoms with Gasteiger partial charge in [-0.25, -0.2) is 9.97 Å². The normalized spacial score (nSPS) is 17.2. The summed E-state index contributed by atoms with van der Waals surface area (Å²) in [5, 5.41) is 25.8. The molecule has 0 amide bonds. The van der Waals surface area contributed by atoms with Crippen molar-refractivity contribution in [2.24, 2.45) is 12.5 Å². The highest BCUT2D eigenvalue weighted by atomic mass is 32.1. The van der Waals surface area contributed by atoms with Crippen LogP contribution in [0.4, 0.5) is 17.1 Å². The van der Waals surface area contributed by atoms with E-state index in [4.69, 9.17) is 4.98 Å². The fraction of sp³-hybridized carbons (Fsp3) is 0.364. The summed E-state index contributed by atoms with van der Waals surface area (Å²) in [6, 6.07) is 1.32. The van der Waals surface area contributed by atoms with E-state index < -0.39 is 10.9 Å². The van der Waals surface area contributed by atoms with Crippen LogP contribution in [-0.4, -0.2) is 29.8 Å². The van der Waals surface area contributed by atoms with E-state index in [1.165, 1.54) is 23.5 Å². The maximum Gasteiger partial charge on any atom is 0.253 e. The molecule has 11 heteroatoms. The van der Waals surface area contributed by atoms with Gasteiger partial charge in [0.15, 0.2) is 17.3 Å². The molecule has 5 rings (SSSR count). The summed E-state index contributed by atoms with van der Waals surface area (Å²) >= 11 is 1.67. The van der Waals surface area contributed by atoms with Crippen LogP contribution in [0.1, 0.15) is 41.9 Å². The van der Waals surface area contributed by atoms with Gasteiger partial charge in [-0.15, -0.1) is 21.5 Å². The highest BCUT2D eigenvalue weighted by Gasteiger charge is 2.40. The van der Waals surface area contributed by atoms with Crippen LogP contribution in [-0.2, 0) is 13.5 Å². The second-order valence-electron chi connectivity index (χ2n) is 8.96. The van der Waals surface area contributed by atoms with E-state index in [-0.39, 0.29) is 40.0 Å². The Morgan fingerprint density at radius 2 is 2.00 bits per heavy atom. The lowest BCUT2D eigenvalue weighted by Crippen LogP contribution is -2.41. The Hall–Kier alpha value is -3.60. The molecule has 1 unspecified atom stereocenters. The number of aromatic nitrogens is 5. The number of hydrogen-bond acceptors (Lipinski definition) is 10. The molecule has 0 saturated heterocycles. The molecule has 0 spiro atoms. The lowest BCUT2D eigenvalue weighted by molar-refractivity contribution is 0.263. The molecule has 0 fully saturated rings. The van der Waals surface area contributed by atoms with Crippen molar-refractivity contribution in [3.8, 4) is 17.3 Å². The molecule has 1 aliphatic rings. The number of pyridine rings is 1. The second kappa shape index (κ2) is 7.48. The molecule has 3 aromatic heterocycles. The van der Waals surface area contributed by atoms with Gasteiger partial charge < -0.3 is 20.3 Å². The number of fused-ring (bicyclic) bond motifs is 1. The molecular formula is C22H23N7O3S. The summed E-state index contributed by atoms with van der Waals surface area (Å²) in [5.41, 5.74) is 0.307. The number of aryl methyl sites for hydroxylation is 3. The van der Waals surface area contributed by atoms with Crippen LogP contribution in [0.2, 0.25) is 0 Å². The van der Waals surface area contributed by atoms with Crippen LogP contribution in [0.25, 0.3) is 11.5 Å². The quantitative estimate of drug-likeness (QED) is 0.380. The zero-order valence-electron chi connectivity index (χ0n) is 18.6. The molecule has 0 saturated carbocycles. The van der Waals surface area contributed by atoms with Gasteiger partial charge in [0.1, 0.15) is 17.7 Å². The number of aromatic hydroxyl groups is 1. The van der Waals surface area contributed by atoms with Crippen molar-refractivity contribution in [1.82, 2.24) is 24.7 Å². The predicted molar refractivity (Wildman–Crippen MR) is 126 cm³/mol. The van der Waals surface area contributed by atoms with Crippen LogP contribution in [0.15, 0.2) is 28.2 Å². The molecule has 33 heavy (non-hydrogen) atoms. The van der Waals surface area contributed by atoms with Gasteiger partial charge in [0.2, 0.25) is 0 Å². The van der Waals surface area contributed by atoms with E-state index in [0.717, 1.165) is 23.5 Å². The van der Waals surface area contributed by atoms with Crippen molar-refractivity contribution in [2.75, 3.05) is 10.6 Å². The lowest BCUT2D eigenvalue weighted by Gasteiger charge is -2.39. The first-order valence-electron chi connectivity index (χ1n) is 10.5. The highest BCUT2D eigenvalue weighted by molar-refractivity contribution is 7.11. The minimum absolute atomic E-state index is 0.111.